The average Bonchev–Trinajstić information content (AvgIpc) is 3.24. The lowest BCUT2D eigenvalue weighted by atomic mass is 10.00. The van der Waals surface area contributed by atoms with Gasteiger partial charge >= 0.3 is 0 Å². The van der Waals surface area contributed by atoms with Crippen molar-refractivity contribution in [2.75, 3.05) is 19.7 Å². The fourth-order valence-corrected chi connectivity index (χ4v) is 4.92. The van der Waals surface area contributed by atoms with Crippen molar-refractivity contribution >= 4 is 23.2 Å². The summed E-state index contributed by atoms with van der Waals surface area (Å²) in [5.74, 6) is 0.448. The van der Waals surface area contributed by atoms with Crippen LogP contribution in [0.2, 0.25) is 0 Å². The molecule has 5 nitrogen and oxygen atoms in total. The van der Waals surface area contributed by atoms with Crippen molar-refractivity contribution in [3.8, 4) is 5.75 Å². The maximum absolute atomic E-state index is 13.4. The topological polar surface area (TPSA) is 49.9 Å². The first-order valence-corrected chi connectivity index (χ1v) is 12.2. The van der Waals surface area contributed by atoms with Crippen LogP contribution in [0.5, 0.6) is 5.75 Å². The molecule has 0 saturated carbocycles. The zero-order valence-corrected chi connectivity index (χ0v) is 20.2. The molecule has 2 atom stereocenters. The highest BCUT2D eigenvalue weighted by Crippen LogP contribution is 2.34. The zero-order valence-electron chi connectivity index (χ0n) is 19.3. The van der Waals surface area contributed by atoms with Crippen LogP contribution in [-0.4, -0.2) is 47.4 Å². The Morgan fingerprint density at radius 2 is 1.94 bits per heavy atom. The van der Waals surface area contributed by atoms with Crippen LogP contribution in [0, 0.1) is 11.7 Å². The van der Waals surface area contributed by atoms with Crippen molar-refractivity contribution in [1.29, 1.82) is 0 Å². The number of hydrogen-bond acceptors (Lipinski definition) is 4. The molecule has 0 saturated heterocycles. The van der Waals surface area contributed by atoms with Gasteiger partial charge in [-0.1, -0.05) is 20.8 Å². The normalized spacial score (nSPS) is 16.6. The van der Waals surface area contributed by atoms with E-state index in [0.717, 1.165) is 18.4 Å². The number of thiophene rings is 1. The Hall–Kier alpha value is -2.41. The van der Waals surface area contributed by atoms with Gasteiger partial charge in [-0.15, -0.1) is 11.3 Å². The van der Waals surface area contributed by atoms with Crippen LogP contribution < -0.4 is 4.74 Å². The van der Waals surface area contributed by atoms with E-state index in [2.05, 4.69) is 6.07 Å². The van der Waals surface area contributed by atoms with Gasteiger partial charge in [0.05, 0.1) is 6.04 Å². The number of amides is 2. The lowest BCUT2D eigenvalue weighted by Crippen LogP contribution is -2.50. The number of fused-ring (bicyclic) bond motifs is 1. The van der Waals surface area contributed by atoms with Gasteiger partial charge < -0.3 is 14.5 Å². The van der Waals surface area contributed by atoms with Gasteiger partial charge in [0.15, 0.2) is 0 Å². The Bertz CT molecular complexity index is 912. The summed E-state index contributed by atoms with van der Waals surface area (Å²) in [6, 6.07) is 7.72. The molecular formula is C25H33FN2O3S. The van der Waals surface area contributed by atoms with Crippen LogP contribution in [-0.2, 0) is 16.0 Å². The standard InChI is InChI=1S/C25H33FN2O3S/c1-5-18(4)28(24(29)14-17(2)3)15-25(30)27-12-10-23-21(11-13-32-23)22(27)16-31-20-8-6-19(26)7-9-20/h6-9,11,13,17-18,22H,5,10,12,14-16H2,1-4H3. The molecule has 0 aliphatic carbocycles. The second-order valence-corrected chi connectivity index (χ2v) is 9.79. The van der Waals surface area contributed by atoms with Gasteiger partial charge in [-0.25, -0.2) is 4.39 Å². The molecule has 174 valence electrons. The van der Waals surface area contributed by atoms with Crippen molar-refractivity contribution in [3.63, 3.8) is 0 Å². The smallest absolute Gasteiger partial charge is 0.242 e. The molecule has 32 heavy (non-hydrogen) atoms. The molecule has 1 aliphatic rings. The van der Waals surface area contributed by atoms with E-state index >= 15 is 0 Å². The van der Waals surface area contributed by atoms with Gasteiger partial charge in [-0.2, -0.15) is 0 Å². The van der Waals surface area contributed by atoms with Crippen molar-refractivity contribution in [3.05, 3.63) is 52.0 Å². The number of hydrogen-bond donors (Lipinski definition) is 0. The molecule has 2 unspecified atom stereocenters. The summed E-state index contributed by atoms with van der Waals surface area (Å²) in [6.07, 6.45) is 2.03. The maximum atomic E-state index is 13.4. The molecule has 2 amide bonds. The Kier molecular flexibility index (Phi) is 8.29. The fraction of sp³-hybridized carbons (Fsp3) is 0.520. The summed E-state index contributed by atoms with van der Waals surface area (Å²) in [4.78, 5) is 31.1. The Morgan fingerprint density at radius 3 is 2.59 bits per heavy atom. The highest BCUT2D eigenvalue weighted by Gasteiger charge is 2.34. The predicted molar refractivity (Wildman–Crippen MR) is 125 cm³/mol. The van der Waals surface area contributed by atoms with Crippen LogP contribution in [0.15, 0.2) is 35.7 Å². The third-order valence-electron chi connectivity index (χ3n) is 5.97. The number of carbonyl (C=O) groups is 2. The van der Waals surface area contributed by atoms with Crippen LogP contribution in [0.25, 0.3) is 0 Å². The van der Waals surface area contributed by atoms with Gasteiger partial charge in [0.1, 0.15) is 24.7 Å². The van der Waals surface area contributed by atoms with E-state index in [-0.39, 0.29) is 48.8 Å². The molecule has 0 bridgehead atoms. The third-order valence-corrected chi connectivity index (χ3v) is 6.96. The predicted octanol–water partition coefficient (Wildman–Crippen LogP) is 5.07. The molecule has 0 N–H and O–H groups in total. The SMILES string of the molecule is CCC(C)N(CC(=O)N1CCc2sccc2C1COc1ccc(F)cc1)C(=O)CC(C)C. The molecule has 7 heteroatoms. The third kappa shape index (κ3) is 5.88. The van der Waals surface area contributed by atoms with Crippen LogP contribution in [0.1, 0.15) is 57.0 Å². The Morgan fingerprint density at radius 1 is 1.22 bits per heavy atom. The minimum atomic E-state index is -0.317. The first kappa shape index (κ1) is 24.2. The van der Waals surface area contributed by atoms with Crippen LogP contribution >= 0.6 is 11.3 Å². The van der Waals surface area contributed by atoms with Crippen molar-refractivity contribution in [2.24, 2.45) is 5.92 Å². The highest BCUT2D eigenvalue weighted by atomic mass is 32.1. The minimum absolute atomic E-state index is 0.000569. The van der Waals surface area contributed by atoms with Gasteiger partial charge in [0.25, 0.3) is 0 Å². The van der Waals surface area contributed by atoms with Gasteiger partial charge in [0, 0.05) is 23.9 Å². The lowest BCUT2D eigenvalue weighted by molar-refractivity contribution is -0.144. The van der Waals surface area contributed by atoms with Crippen LogP contribution in [0.4, 0.5) is 4.39 Å². The Labute approximate surface area is 194 Å². The monoisotopic (exact) mass is 460 g/mol. The summed E-state index contributed by atoms with van der Waals surface area (Å²) < 4.78 is 19.2. The number of halogens is 1. The van der Waals surface area contributed by atoms with Gasteiger partial charge in [-0.05, 0) is 67.0 Å². The van der Waals surface area contributed by atoms with E-state index in [4.69, 9.17) is 4.74 Å². The first-order valence-electron chi connectivity index (χ1n) is 11.3. The molecule has 0 fully saturated rings. The second-order valence-electron chi connectivity index (χ2n) is 8.79. The van der Waals surface area contributed by atoms with E-state index < -0.39 is 0 Å². The zero-order chi connectivity index (χ0) is 23.3. The van der Waals surface area contributed by atoms with Gasteiger partial charge in [0.2, 0.25) is 11.8 Å². The average molecular weight is 461 g/mol. The van der Waals surface area contributed by atoms with E-state index in [1.807, 2.05) is 38.0 Å². The van der Waals surface area contributed by atoms with E-state index in [1.54, 1.807) is 28.4 Å². The van der Waals surface area contributed by atoms with E-state index in [0.29, 0.717) is 18.7 Å². The van der Waals surface area contributed by atoms with Crippen molar-refractivity contribution in [1.82, 2.24) is 9.80 Å². The molecule has 2 aromatic rings. The summed E-state index contributed by atoms with van der Waals surface area (Å²) in [6.45, 7) is 9.00. The van der Waals surface area contributed by atoms with E-state index in [1.165, 1.54) is 17.0 Å². The number of benzene rings is 1. The number of carbonyl (C=O) groups excluding carboxylic acids is 2. The van der Waals surface area contributed by atoms with Crippen molar-refractivity contribution in [2.45, 2.75) is 59.0 Å². The van der Waals surface area contributed by atoms with Crippen molar-refractivity contribution < 1.29 is 18.7 Å². The Balaban J connectivity index is 1.77. The summed E-state index contributed by atoms with van der Waals surface area (Å²) in [7, 11) is 0. The number of nitrogens with zero attached hydrogens (tertiary/aromatic N) is 2. The molecule has 2 heterocycles. The lowest BCUT2D eigenvalue weighted by Gasteiger charge is -2.38. The molecule has 1 aliphatic heterocycles. The summed E-state index contributed by atoms with van der Waals surface area (Å²) >= 11 is 1.69. The molecule has 0 spiro atoms. The quantitative estimate of drug-likeness (QED) is 0.525. The summed E-state index contributed by atoms with van der Waals surface area (Å²) in [5, 5.41) is 2.04. The largest absolute Gasteiger partial charge is 0.491 e. The highest BCUT2D eigenvalue weighted by molar-refractivity contribution is 7.10. The summed E-state index contributed by atoms with van der Waals surface area (Å²) in [5.41, 5.74) is 1.10. The number of rotatable bonds is 9. The molecule has 1 aromatic carbocycles. The molecule has 3 rings (SSSR count). The molecular weight excluding hydrogens is 427 g/mol. The first-order chi connectivity index (χ1) is 15.3. The second kappa shape index (κ2) is 10.9. The fourth-order valence-electron chi connectivity index (χ4n) is 3.99. The van der Waals surface area contributed by atoms with Gasteiger partial charge in [-0.3, -0.25) is 9.59 Å². The van der Waals surface area contributed by atoms with Crippen LogP contribution in [0.3, 0.4) is 0 Å². The molecule has 1 aromatic heterocycles. The number of ether oxygens (including phenoxy) is 1. The molecule has 0 radical (unpaired) electrons. The van der Waals surface area contributed by atoms with E-state index in [9.17, 15) is 14.0 Å². The minimum Gasteiger partial charge on any atom is -0.491 e. The maximum Gasteiger partial charge on any atom is 0.242 e.